The van der Waals surface area contributed by atoms with Gasteiger partial charge in [-0.05, 0) is 164 Å². The third kappa shape index (κ3) is 4.32. The Bertz CT molecular complexity index is 2970. The van der Waals surface area contributed by atoms with E-state index in [9.17, 15) is 0 Å². The number of rotatable bonds is 4. The van der Waals surface area contributed by atoms with E-state index in [2.05, 4.69) is 183 Å². The molecule has 0 atom stereocenters. The summed E-state index contributed by atoms with van der Waals surface area (Å²) in [6.45, 7) is 4.81. The zero-order valence-corrected chi connectivity index (χ0v) is 33.4. The fourth-order valence-electron chi connectivity index (χ4n) is 13.7. The smallest absolute Gasteiger partial charge is 0.0543 e. The van der Waals surface area contributed by atoms with Crippen molar-refractivity contribution in [1.82, 2.24) is 0 Å². The predicted octanol–water partition coefficient (Wildman–Crippen LogP) is 15.2. The highest BCUT2D eigenvalue weighted by atomic mass is 15.1. The van der Waals surface area contributed by atoms with E-state index in [1.54, 1.807) is 11.1 Å². The number of nitrogens with zero attached hydrogens (tertiary/aromatic N) is 1. The molecule has 0 unspecified atom stereocenters. The molecule has 280 valence electrons. The van der Waals surface area contributed by atoms with Crippen molar-refractivity contribution < 1.29 is 0 Å². The van der Waals surface area contributed by atoms with Crippen molar-refractivity contribution in [2.75, 3.05) is 4.90 Å². The lowest BCUT2D eigenvalue weighted by Crippen LogP contribution is -2.55. The summed E-state index contributed by atoms with van der Waals surface area (Å²) in [5, 5.41) is 5.19. The molecular weight excluding hydrogens is 699 g/mol. The largest absolute Gasteiger partial charge is 0.310 e. The Labute approximate surface area is 342 Å². The first-order valence-electron chi connectivity index (χ1n) is 21.8. The molecule has 8 aromatic carbocycles. The van der Waals surface area contributed by atoms with Gasteiger partial charge in [0.2, 0.25) is 0 Å². The lowest BCUT2D eigenvalue weighted by Gasteiger charge is -2.61. The summed E-state index contributed by atoms with van der Waals surface area (Å²) in [4.78, 5) is 2.60. The maximum absolute atomic E-state index is 2.60. The first-order valence-corrected chi connectivity index (χ1v) is 21.8. The molecule has 0 aliphatic heterocycles. The van der Waals surface area contributed by atoms with Gasteiger partial charge in [-0.3, -0.25) is 0 Å². The van der Waals surface area contributed by atoms with Crippen molar-refractivity contribution in [2.24, 2.45) is 23.7 Å². The Kier molecular flexibility index (Phi) is 6.75. The molecule has 0 heterocycles. The summed E-state index contributed by atoms with van der Waals surface area (Å²) in [5.41, 5.74) is 17.9. The molecule has 4 fully saturated rings. The summed E-state index contributed by atoms with van der Waals surface area (Å²) < 4.78 is 0. The third-order valence-electron chi connectivity index (χ3n) is 15.8. The number of benzene rings is 8. The minimum atomic E-state index is -0.0930. The predicted molar refractivity (Wildman–Crippen MR) is 242 cm³/mol. The van der Waals surface area contributed by atoms with Gasteiger partial charge in [-0.25, -0.2) is 0 Å². The molecule has 0 N–H and O–H groups in total. The van der Waals surface area contributed by atoms with Gasteiger partial charge in [0, 0.05) is 27.8 Å². The lowest BCUT2D eigenvalue weighted by molar-refractivity contribution is -0.0399. The van der Waals surface area contributed by atoms with Gasteiger partial charge in [-0.15, -0.1) is 0 Å². The van der Waals surface area contributed by atoms with Crippen molar-refractivity contribution in [3.63, 3.8) is 0 Å². The summed E-state index contributed by atoms with van der Waals surface area (Å²) >= 11 is 0. The highest BCUT2D eigenvalue weighted by molar-refractivity contribution is 6.13. The monoisotopic (exact) mass is 745 g/mol. The van der Waals surface area contributed by atoms with Crippen LogP contribution in [0.15, 0.2) is 164 Å². The summed E-state index contributed by atoms with van der Waals surface area (Å²) in [6.07, 6.45) is 7.02. The molecule has 14 rings (SSSR count). The van der Waals surface area contributed by atoms with Crippen LogP contribution in [0, 0.1) is 23.7 Å². The molecule has 1 spiro atoms. The second kappa shape index (κ2) is 11.8. The number of anilines is 3. The zero-order valence-electron chi connectivity index (χ0n) is 33.4. The fourth-order valence-corrected chi connectivity index (χ4v) is 13.7. The summed E-state index contributed by atoms with van der Waals surface area (Å²) in [6, 6.07) is 62.8. The van der Waals surface area contributed by atoms with Crippen LogP contribution in [0.5, 0.6) is 0 Å². The molecule has 58 heavy (non-hydrogen) atoms. The molecular formula is C57H47N. The van der Waals surface area contributed by atoms with Crippen LogP contribution >= 0.6 is 0 Å². The highest BCUT2D eigenvalue weighted by Gasteiger charge is 2.62. The van der Waals surface area contributed by atoms with Crippen LogP contribution in [0.3, 0.4) is 0 Å². The number of hydrogen-bond donors (Lipinski definition) is 0. The molecule has 1 nitrogen and oxygen atoms in total. The van der Waals surface area contributed by atoms with E-state index in [0.29, 0.717) is 0 Å². The molecule has 4 bridgehead atoms. The Morgan fingerprint density at radius 1 is 0.431 bits per heavy atom. The molecule has 6 aliphatic rings. The minimum absolute atomic E-state index is 0.0930. The van der Waals surface area contributed by atoms with Gasteiger partial charge in [-0.2, -0.15) is 0 Å². The van der Waals surface area contributed by atoms with Crippen molar-refractivity contribution in [3.05, 3.63) is 186 Å². The van der Waals surface area contributed by atoms with Crippen molar-refractivity contribution in [1.29, 1.82) is 0 Å². The maximum Gasteiger partial charge on any atom is 0.0543 e. The first kappa shape index (κ1) is 33.1. The summed E-state index contributed by atoms with van der Waals surface area (Å²) in [5.74, 6) is 3.29. The topological polar surface area (TPSA) is 3.24 Å². The van der Waals surface area contributed by atoms with Gasteiger partial charge >= 0.3 is 0 Å². The van der Waals surface area contributed by atoms with Gasteiger partial charge in [-0.1, -0.05) is 141 Å². The van der Waals surface area contributed by atoms with E-state index in [1.165, 1.54) is 115 Å². The second-order valence-corrected chi connectivity index (χ2v) is 18.9. The molecule has 0 radical (unpaired) electrons. The van der Waals surface area contributed by atoms with Crippen LogP contribution in [0.4, 0.5) is 17.1 Å². The second-order valence-electron chi connectivity index (χ2n) is 18.9. The minimum Gasteiger partial charge on any atom is -0.310 e. The van der Waals surface area contributed by atoms with Gasteiger partial charge in [0.05, 0.1) is 5.69 Å². The van der Waals surface area contributed by atoms with E-state index in [-0.39, 0.29) is 10.8 Å². The van der Waals surface area contributed by atoms with E-state index in [4.69, 9.17) is 0 Å². The van der Waals surface area contributed by atoms with Gasteiger partial charge in [0.25, 0.3) is 0 Å². The first-order chi connectivity index (χ1) is 28.5. The van der Waals surface area contributed by atoms with Crippen LogP contribution in [0.1, 0.15) is 68.2 Å². The maximum atomic E-state index is 2.60. The molecule has 8 aromatic rings. The Morgan fingerprint density at radius 2 is 1.03 bits per heavy atom. The van der Waals surface area contributed by atoms with Crippen LogP contribution in [0.25, 0.3) is 54.9 Å². The van der Waals surface area contributed by atoms with Crippen molar-refractivity contribution in [3.8, 4) is 33.4 Å². The van der Waals surface area contributed by atoms with Crippen LogP contribution in [-0.4, -0.2) is 0 Å². The molecule has 1 heteroatoms. The van der Waals surface area contributed by atoms with Crippen LogP contribution in [-0.2, 0) is 10.8 Å². The van der Waals surface area contributed by atoms with Gasteiger partial charge in [0.1, 0.15) is 0 Å². The standard InChI is InChI=1S/C57H47N/c1-56(2)50-18-9-7-16-46(50)47-27-26-42(34-53(47)56)58(41-24-22-37(23-25-41)49-33-38-12-3-4-13-43(38)44-14-5-6-15-45(44)49)54-21-11-20-52-55(54)48-17-8-10-19-51(48)57(52)39-29-35-28-36(31-39)32-40(57)30-35/h3-27,33-36,39-40H,28-32H2,1-2H3. The van der Waals surface area contributed by atoms with E-state index >= 15 is 0 Å². The normalized spacial score (nSPS) is 23.9. The van der Waals surface area contributed by atoms with Gasteiger partial charge in [0.15, 0.2) is 0 Å². The fraction of sp³-hybridized carbons (Fsp3) is 0.228. The molecule has 6 aliphatic carbocycles. The lowest BCUT2D eigenvalue weighted by atomic mass is 9.43. The molecule has 4 saturated carbocycles. The van der Waals surface area contributed by atoms with Crippen LogP contribution in [0.2, 0.25) is 0 Å². The number of fused-ring (bicyclic) bond motifs is 9. The van der Waals surface area contributed by atoms with E-state index in [1.807, 2.05) is 0 Å². The van der Waals surface area contributed by atoms with Crippen molar-refractivity contribution >= 4 is 38.6 Å². The van der Waals surface area contributed by atoms with E-state index in [0.717, 1.165) is 23.7 Å². The molecule has 0 saturated heterocycles. The highest BCUT2D eigenvalue weighted by Crippen LogP contribution is 2.70. The summed E-state index contributed by atoms with van der Waals surface area (Å²) in [7, 11) is 0. The number of hydrogen-bond acceptors (Lipinski definition) is 1. The Balaban J connectivity index is 1.03. The SMILES string of the molecule is CC1(C)c2ccccc2-c2ccc(N(c3ccc(-c4cc5ccccc5c5ccccc45)cc3)c3cccc4c3-c3ccccc3C43C4CC5CC(C4)CC3C5)cc21. The zero-order chi connectivity index (χ0) is 38.3. The average Bonchev–Trinajstić information content (AvgIpc) is 3.69. The van der Waals surface area contributed by atoms with Gasteiger partial charge < -0.3 is 4.90 Å². The van der Waals surface area contributed by atoms with E-state index < -0.39 is 0 Å². The quantitative estimate of drug-likeness (QED) is 0.162. The Morgan fingerprint density at radius 3 is 1.81 bits per heavy atom. The average molecular weight is 746 g/mol. The Hall–Kier alpha value is -5.92. The van der Waals surface area contributed by atoms with Crippen LogP contribution < -0.4 is 4.90 Å². The third-order valence-corrected chi connectivity index (χ3v) is 15.8. The molecule has 0 amide bonds. The van der Waals surface area contributed by atoms with Crippen molar-refractivity contribution in [2.45, 2.75) is 56.8 Å². The molecule has 0 aromatic heterocycles.